The van der Waals surface area contributed by atoms with E-state index in [0.29, 0.717) is 16.8 Å². The molecule has 4 heteroatoms. The number of nitrogens with zero attached hydrogens (tertiary/aromatic N) is 1. The highest BCUT2D eigenvalue weighted by atomic mass is 16.1. The van der Waals surface area contributed by atoms with Crippen molar-refractivity contribution in [2.24, 2.45) is 0 Å². The van der Waals surface area contributed by atoms with Crippen LogP contribution in [-0.4, -0.2) is 23.1 Å². The Bertz CT molecular complexity index is 1020. The lowest BCUT2D eigenvalue weighted by Crippen LogP contribution is -2.29. The van der Waals surface area contributed by atoms with Crippen LogP contribution >= 0.6 is 0 Å². The Morgan fingerprint density at radius 1 is 0.862 bits per heavy atom. The zero-order valence-corrected chi connectivity index (χ0v) is 16.5. The number of anilines is 1. The van der Waals surface area contributed by atoms with Crippen LogP contribution in [0.15, 0.2) is 72.8 Å². The van der Waals surface area contributed by atoms with E-state index in [9.17, 15) is 9.59 Å². The molecule has 0 unspecified atom stereocenters. The van der Waals surface area contributed by atoms with Gasteiger partial charge in [-0.2, -0.15) is 0 Å². The highest BCUT2D eigenvalue weighted by molar-refractivity contribution is 6.04. The number of benzene rings is 3. The van der Waals surface area contributed by atoms with Crippen LogP contribution in [-0.2, 0) is 19.5 Å². The number of ketones is 1. The Morgan fingerprint density at radius 2 is 1.52 bits per heavy atom. The third-order valence-electron chi connectivity index (χ3n) is 5.38. The number of amides is 1. The van der Waals surface area contributed by atoms with Gasteiger partial charge in [-0.05, 0) is 66.4 Å². The first-order chi connectivity index (χ1) is 14.1. The SMILES string of the molecule is CC(=O)c1ccc(NC(=O)c2ccc(CN3CCc4ccccc4C3)cc2)cc1. The molecule has 29 heavy (non-hydrogen) atoms. The van der Waals surface area contributed by atoms with Crippen LogP contribution in [0.2, 0.25) is 0 Å². The fraction of sp³-hybridized carbons (Fsp3) is 0.200. The zero-order chi connectivity index (χ0) is 20.2. The molecule has 0 saturated heterocycles. The van der Waals surface area contributed by atoms with Crippen molar-refractivity contribution in [2.45, 2.75) is 26.4 Å². The summed E-state index contributed by atoms with van der Waals surface area (Å²) in [5.41, 5.74) is 5.99. The van der Waals surface area contributed by atoms with Gasteiger partial charge >= 0.3 is 0 Å². The van der Waals surface area contributed by atoms with Crippen molar-refractivity contribution in [1.29, 1.82) is 0 Å². The average molecular weight is 384 g/mol. The van der Waals surface area contributed by atoms with E-state index in [1.165, 1.54) is 23.6 Å². The molecule has 0 aliphatic carbocycles. The molecule has 1 N–H and O–H groups in total. The van der Waals surface area contributed by atoms with E-state index in [1.807, 2.05) is 24.3 Å². The molecule has 1 aliphatic heterocycles. The topological polar surface area (TPSA) is 49.4 Å². The standard InChI is InChI=1S/C25H24N2O2/c1-18(28)20-10-12-24(13-11-20)26-25(29)22-8-6-19(7-9-22)16-27-15-14-21-4-2-3-5-23(21)17-27/h2-13H,14-17H2,1H3,(H,26,29). The summed E-state index contributed by atoms with van der Waals surface area (Å²) < 4.78 is 0. The average Bonchev–Trinajstić information content (AvgIpc) is 2.74. The summed E-state index contributed by atoms with van der Waals surface area (Å²) in [5, 5.41) is 2.88. The van der Waals surface area contributed by atoms with Crippen molar-refractivity contribution in [3.05, 3.63) is 101 Å². The highest BCUT2D eigenvalue weighted by Crippen LogP contribution is 2.20. The molecular formula is C25H24N2O2. The second-order valence-electron chi connectivity index (χ2n) is 7.51. The molecule has 0 radical (unpaired) electrons. The monoisotopic (exact) mass is 384 g/mol. The first kappa shape index (κ1) is 19.1. The second kappa shape index (κ2) is 8.41. The van der Waals surface area contributed by atoms with Crippen molar-refractivity contribution in [3.8, 4) is 0 Å². The van der Waals surface area contributed by atoms with Crippen LogP contribution in [0.4, 0.5) is 5.69 Å². The first-order valence-corrected chi connectivity index (χ1v) is 9.89. The molecule has 3 aromatic carbocycles. The minimum atomic E-state index is -0.154. The van der Waals surface area contributed by atoms with Crippen molar-refractivity contribution >= 4 is 17.4 Å². The Labute approximate surface area is 171 Å². The molecule has 0 atom stereocenters. The predicted molar refractivity (Wildman–Crippen MR) is 115 cm³/mol. The van der Waals surface area contributed by atoms with Gasteiger partial charge in [-0.3, -0.25) is 14.5 Å². The van der Waals surface area contributed by atoms with E-state index in [2.05, 4.69) is 34.5 Å². The van der Waals surface area contributed by atoms with Gasteiger partial charge in [0.25, 0.3) is 5.91 Å². The number of carbonyl (C=O) groups excluding carboxylic acids is 2. The largest absolute Gasteiger partial charge is 0.322 e. The summed E-state index contributed by atoms with van der Waals surface area (Å²) in [6.07, 6.45) is 1.08. The quantitative estimate of drug-likeness (QED) is 0.649. The second-order valence-corrected chi connectivity index (χ2v) is 7.51. The molecule has 0 spiro atoms. The maximum Gasteiger partial charge on any atom is 0.255 e. The third-order valence-corrected chi connectivity index (χ3v) is 5.38. The fourth-order valence-electron chi connectivity index (χ4n) is 3.70. The number of Topliss-reactive ketones (excluding diaryl/α,β-unsaturated/α-hetero) is 1. The van der Waals surface area contributed by atoms with Crippen LogP contribution in [0.25, 0.3) is 0 Å². The molecule has 146 valence electrons. The van der Waals surface area contributed by atoms with Gasteiger partial charge in [-0.1, -0.05) is 36.4 Å². The van der Waals surface area contributed by atoms with Gasteiger partial charge < -0.3 is 5.32 Å². The molecule has 0 bridgehead atoms. The summed E-state index contributed by atoms with van der Waals surface area (Å²) >= 11 is 0. The van der Waals surface area contributed by atoms with E-state index < -0.39 is 0 Å². The highest BCUT2D eigenvalue weighted by Gasteiger charge is 2.16. The van der Waals surface area contributed by atoms with Crippen LogP contribution in [0.1, 0.15) is 44.3 Å². The smallest absolute Gasteiger partial charge is 0.255 e. The van der Waals surface area contributed by atoms with Gasteiger partial charge in [-0.15, -0.1) is 0 Å². The summed E-state index contributed by atoms with van der Waals surface area (Å²) in [6.45, 7) is 4.42. The summed E-state index contributed by atoms with van der Waals surface area (Å²) in [6, 6.07) is 23.3. The lowest BCUT2D eigenvalue weighted by Gasteiger charge is -2.28. The normalized spacial score (nSPS) is 13.6. The lowest BCUT2D eigenvalue weighted by molar-refractivity contribution is 0.101. The van der Waals surface area contributed by atoms with Crippen LogP contribution in [0.3, 0.4) is 0 Å². The molecule has 0 saturated carbocycles. The lowest BCUT2D eigenvalue weighted by atomic mass is 9.99. The number of fused-ring (bicyclic) bond motifs is 1. The number of nitrogens with one attached hydrogen (secondary N) is 1. The molecule has 1 aliphatic rings. The van der Waals surface area contributed by atoms with E-state index in [1.54, 1.807) is 24.3 Å². The van der Waals surface area contributed by atoms with Gasteiger partial charge in [0.05, 0.1) is 0 Å². The van der Waals surface area contributed by atoms with E-state index in [-0.39, 0.29) is 11.7 Å². The molecule has 4 nitrogen and oxygen atoms in total. The molecule has 0 fully saturated rings. The number of hydrogen-bond acceptors (Lipinski definition) is 3. The van der Waals surface area contributed by atoms with E-state index in [0.717, 1.165) is 26.1 Å². The number of rotatable bonds is 5. The van der Waals surface area contributed by atoms with Gasteiger partial charge in [0.2, 0.25) is 0 Å². The Kier molecular flexibility index (Phi) is 5.54. The van der Waals surface area contributed by atoms with E-state index in [4.69, 9.17) is 0 Å². The Hall–Kier alpha value is -3.24. The Balaban J connectivity index is 1.36. The van der Waals surface area contributed by atoms with Gasteiger partial charge in [0.1, 0.15) is 0 Å². The molecular weight excluding hydrogens is 360 g/mol. The zero-order valence-electron chi connectivity index (χ0n) is 16.5. The number of hydrogen-bond donors (Lipinski definition) is 1. The van der Waals surface area contributed by atoms with Crippen LogP contribution in [0.5, 0.6) is 0 Å². The van der Waals surface area contributed by atoms with Crippen molar-refractivity contribution in [1.82, 2.24) is 4.90 Å². The fourth-order valence-corrected chi connectivity index (χ4v) is 3.70. The molecule has 4 rings (SSSR count). The number of carbonyl (C=O) groups is 2. The molecule has 3 aromatic rings. The van der Waals surface area contributed by atoms with Crippen molar-refractivity contribution < 1.29 is 9.59 Å². The maximum absolute atomic E-state index is 12.5. The van der Waals surface area contributed by atoms with Crippen LogP contribution < -0.4 is 5.32 Å². The molecule has 0 aromatic heterocycles. The summed E-state index contributed by atoms with van der Waals surface area (Å²) in [5.74, 6) is -0.144. The minimum Gasteiger partial charge on any atom is -0.322 e. The van der Waals surface area contributed by atoms with E-state index >= 15 is 0 Å². The summed E-state index contributed by atoms with van der Waals surface area (Å²) in [4.78, 5) is 26.3. The van der Waals surface area contributed by atoms with Gasteiger partial charge in [-0.25, -0.2) is 0 Å². The summed E-state index contributed by atoms with van der Waals surface area (Å²) in [7, 11) is 0. The van der Waals surface area contributed by atoms with Gasteiger partial charge in [0, 0.05) is 36.4 Å². The minimum absolute atomic E-state index is 0.00987. The Morgan fingerprint density at radius 3 is 2.21 bits per heavy atom. The maximum atomic E-state index is 12.5. The third kappa shape index (κ3) is 4.61. The molecule has 1 heterocycles. The predicted octanol–water partition coefficient (Wildman–Crippen LogP) is 4.70. The van der Waals surface area contributed by atoms with Gasteiger partial charge in [0.15, 0.2) is 5.78 Å². The molecule has 1 amide bonds. The first-order valence-electron chi connectivity index (χ1n) is 9.89. The van der Waals surface area contributed by atoms with Crippen molar-refractivity contribution in [3.63, 3.8) is 0 Å². The van der Waals surface area contributed by atoms with Crippen LogP contribution in [0, 0.1) is 0 Å². The van der Waals surface area contributed by atoms with Crippen molar-refractivity contribution in [2.75, 3.05) is 11.9 Å².